The van der Waals surface area contributed by atoms with Crippen molar-refractivity contribution in [2.45, 2.75) is 31.5 Å². The highest BCUT2D eigenvalue weighted by molar-refractivity contribution is 7.91. The molecule has 0 spiro atoms. The second-order valence-electron chi connectivity index (χ2n) is 13.6. The number of carbonyl (C=O) groups excluding carboxylic acids is 3. The normalized spacial score (nSPS) is 17.4. The Morgan fingerprint density at radius 2 is 1.59 bits per heavy atom. The number of aromatic nitrogens is 2. The molecule has 2 aliphatic heterocycles. The van der Waals surface area contributed by atoms with Crippen LogP contribution in [0.5, 0.6) is 0 Å². The molecule has 3 amide bonds. The van der Waals surface area contributed by atoms with Gasteiger partial charge in [-0.1, -0.05) is 72.8 Å². The van der Waals surface area contributed by atoms with Crippen molar-refractivity contribution in [3.8, 4) is 22.4 Å². The minimum Gasteiger partial charge on any atom is -0.453 e. The van der Waals surface area contributed by atoms with Gasteiger partial charge in [-0.15, -0.1) is 0 Å². The Kier molecular flexibility index (Phi) is 10.9. The fourth-order valence-electron chi connectivity index (χ4n) is 6.99. The molecule has 3 N–H and O–H groups in total. The topological polar surface area (TPSA) is 154 Å². The first-order valence-corrected chi connectivity index (χ1v) is 19.8. The van der Waals surface area contributed by atoms with E-state index in [-0.39, 0.29) is 29.4 Å². The van der Waals surface area contributed by atoms with Crippen molar-refractivity contribution in [1.82, 2.24) is 25.1 Å². The lowest BCUT2D eigenvalue weighted by Gasteiger charge is -2.28. The SMILES string of the molecule is COC(=O)N[C@@H](C(=O)N1CCC[C@H]1c1ncc(-c2cccc(-c3ccc(C(=O)Nc4ccc(CN5CCS(=O)(=O)CC5)cc4)cc3)c2)[nH]1)c1ccccc1. The van der Waals surface area contributed by atoms with Crippen molar-refractivity contribution in [3.05, 3.63) is 132 Å². The summed E-state index contributed by atoms with van der Waals surface area (Å²) in [6, 6.07) is 31.0. The first kappa shape index (κ1) is 36.6. The Bertz CT molecular complexity index is 2210. The van der Waals surface area contributed by atoms with Crippen LogP contribution < -0.4 is 10.6 Å². The van der Waals surface area contributed by atoms with Crippen molar-refractivity contribution >= 4 is 33.4 Å². The summed E-state index contributed by atoms with van der Waals surface area (Å²) in [4.78, 5) is 51.2. The number of carbonyl (C=O) groups is 3. The summed E-state index contributed by atoms with van der Waals surface area (Å²) in [5, 5.41) is 5.66. The number of likely N-dealkylation sites (tertiary alicyclic amines) is 1. The lowest BCUT2D eigenvalue weighted by molar-refractivity contribution is -0.134. The number of rotatable bonds is 10. The summed E-state index contributed by atoms with van der Waals surface area (Å²) in [5.74, 6) is 0.616. The van der Waals surface area contributed by atoms with E-state index < -0.39 is 22.0 Å². The van der Waals surface area contributed by atoms with Crippen LogP contribution in [0.25, 0.3) is 22.4 Å². The number of imidazole rings is 1. The standard InChI is InChI=1S/C41H42N6O6S/c1-53-41(50)45-37(30-7-3-2-4-8-30)40(49)47-20-6-11-36(47)38-42-26-35(44-38)33-10-5-9-32(25-33)29-14-16-31(17-15-29)39(48)43-34-18-12-28(13-19-34)27-46-21-23-54(51,52)24-22-46/h2-5,7-10,12-19,25-26,36-37H,6,11,20-24,27H2,1H3,(H,42,44)(H,43,48)(H,45,50)/t36-,37+/m0/s1. The molecular formula is C41H42N6O6S. The number of nitrogens with zero attached hydrogens (tertiary/aromatic N) is 3. The summed E-state index contributed by atoms with van der Waals surface area (Å²) in [7, 11) is -1.65. The second kappa shape index (κ2) is 16.1. The molecule has 0 unspecified atom stereocenters. The molecule has 2 saturated heterocycles. The number of ether oxygens (including phenoxy) is 1. The molecule has 0 bridgehead atoms. The summed E-state index contributed by atoms with van der Waals surface area (Å²) in [6.45, 7) is 2.27. The number of methoxy groups -OCH3 is 1. The first-order valence-electron chi connectivity index (χ1n) is 17.9. The highest BCUT2D eigenvalue weighted by Gasteiger charge is 2.37. The number of anilines is 1. The zero-order chi connectivity index (χ0) is 37.7. The molecule has 278 valence electrons. The van der Waals surface area contributed by atoms with Crippen LogP contribution in [-0.2, 0) is 25.9 Å². The molecule has 13 heteroatoms. The number of amides is 3. The second-order valence-corrected chi connectivity index (χ2v) is 15.9. The van der Waals surface area contributed by atoms with Gasteiger partial charge in [0.2, 0.25) is 0 Å². The van der Waals surface area contributed by atoms with E-state index in [9.17, 15) is 22.8 Å². The molecular weight excluding hydrogens is 705 g/mol. The molecule has 0 radical (unpaired) electrons. The fourth-order valence-corrected chi connectivity index (χ4v) is 8.26. The van der Waals surface area contributed by atoms with Gasteiger partial charge in [0, 0.05) is 43.0 Å². The predicted octanol–water partition coefficient (Wildman–Crippen LogP) is 5.99. The molecule has 2 aliphatic rings. The average molecular weight is 747 g/mol. The smallest absolute Gasteiger partial charge is 0.407 e. The van der Waals surface area contributed by atoms with Crippen LogP contribution in [0, 0.1) is 0 Å². The van der Waals surface area contributed by atoms with Crippen LogP contribution >= 0.6 is 0 Å². The van der Waals surface area contributed by atoms with Crippen LogP contribution in [0.2, 0.25) is 0 Å². The third-order valence-electron chi connectivity index (χ3n) is 9.98. The van der Waals surface area contributed by atoms with Crippen molar-refractivity contribution < 1.29 is 27.5 Å². The van der Waals surface area contributed by atoms with Gasteiger partial charge < -0.3 is 25.3 Å². The molecule has 0 aliphatic carbocycles. The highest BCUT2D eigenvalue weighted by Crippen LogP contribution is 2.34. The fraction of sp³-hybridized carbons (Fsp3) is 0.268. The van der Waals surface area contributed by atoms with Crippen LogP contribution in [0.4, 0.5) is 10.5 Å². The number of sulfone groups is 1. The lowest BCUT2D eigenvalue weighted by atomic mass is 10.0. The first-order chi connectivity index (χ1) is 26.2. The van der Waals surface area contributed by atoms with Crippen LogP contribution in [0.15, 0.2) is 109 Å². The number of nitrogens with one attached hydrogen (secondary N) is 3. The van der Waals surface area contributed by atoms with E-state index in [1.54, 1.807) is 23.2 Å². The summed E-state index contributed by atoms with van der Waals surface area (Å²) < 4.78 is 28.2. The number of benzene rings is 4. The van der Waals surface area contributed by atoms with E-state index >= 15 is 0 Å². The van der Waals surface area contributed by atoms with Gasteiger partial charge in [0.1, 0.15) is 11.9 Å². The molecule has 54 heavy (non-hydrogen) atoms. The Morgan fingerprint density at radius 1 is 0.870 bits per heavy atom. The van der Waals surface area contributed by atoms with Gasteiger partial charge in [-0.05, 0) is 65.4 Å². The molecule has 2 atom stereocenters. The van der Waals surface area contributed by atoms with Gasteiger partial charge in [-0.2, -0.15) is 0 Å². The number of alkyl carbamates (subject to hydrolysis) is 1. The Hall–Kier alpha value is -5.79. The van der Waals surface area contributed by atoms with Gasteiger partial charge in [0.25, 0.3) is 11.8 Å². The van der Waals surface area contributed by atoms with Crippen LogP contribution in [0.3, 0.4) is 0 Å². The predicted molar refractivity (Wildman–Crippen MR) is 206 cm³/mol. The number of aromatic amines is 1. The Balaban J connectivity index is 0.991. The molecule has 5 aromatic rings. The molecule has 7 rings (SSSR count). The lowest BCUT2D eigenvalue weighted by Crippen LogP contribution is -2.42. The maximum absolute atomic E-state index is 13.9. The third kappa shape index (κ3) is 8.53. The van der Waals surface area contributed by atoms with Crippen LogP contribution in [-0.4, -0.2) is 84.3 Å². The van der Waals surface area contributed by atoms with E-state index in [1.165, 1.54) is 7.11 Å². The van der Waals surface area contributed by atoms with E-state index in [2.05, 4.69) is 26.6 Å². The zero-order valence-corrected chi connectivity index (χ0v) is 30.7. The summed E-state index contributed by atoms with van der Waals surface area (Å²) in [5.41, 5.74) is 6.58. The average Bonchev–Trinajstić information content (AvgIpc) is 3.90. The van der Waals surface area contributed by atoms with Gasteiger partial charge >= 0.3 is 6.09 Å². The van der Waals surface area contributed by atoms with Gasteiger partial charge in [0.05, 0.1) is 36.5 Å². The Morgan fingerprint density at radius 3 is 2.31 bits per heavy atom. The number of hydrogen-bond acceptors (Lipinski definition) is 8. The maximum Gasteiger partial charge on any atom is 0.407 e. The molecule has 1 aromatic heterocycles. The molecule has 2 fully saturated rings. The van der Waals surface area contributed by atoms with Crippen molar-refractivity contribution in [2.75, 3.05) is 43.6 Å². The summed E-state index contributed by atoms with van der Waals surface area (Å²) in [6.07, 6.45) is 2.63. The Labute approximate surface area is 314 Å². The quantitative estimate of drug-likeness (QED) is 0.158. The van der Waals surface area contributed by atoms with E-state index in [0.29, 0.717) is 48.8 Å². The van der Waals surface area contributed by atoms with Gasteiger partial charge in [0.15, 0.2) is 9.84 Å². The van der Waals surface area contributed by atoms with E-state index in [4.69, 9.17) is 9.72 Å². The zero-order valence-electron chi connectivity index (χ0n) is 29.9. The molecule has 3 heterocycles. The molecule has 4 aromatic carbocycles. The van der Waals surface area contributed by atoms with E-state index in [0.717, 1.165) is 40.8 Å². The highest BCUT2D eigenvalue weighted by atomic mass is 32.2. The van der Waals surface area contributed by atoms with Gasteiger partial charge in [-0.25, -0.2) is 18.2 Å². The monoisotopic (exact) mass is 746 g/mol. The molecule has 12 nitrogen and oxygen atoms in total. The minimum atomic E-state index is -2.92. The summed E-state index contributed by atoms with van der Waals surface area (Å²) >= 11 is 0. The van der Waals surface area contributed by atoms with Crippen molar-refractivity contribution in [2.24, 2.45) is 0 Å². The van der Waals surface area contributed by atoms with Crippen LogP contribution in [0.1, 0.15) is 52.2 Å². The third-order valence-corrected chi connectivity index (χ3v) is 11.6. The minimum absolute atomic E-state index is 0.192. The van der Waals surface area contributed by atoms with Gasteiger partial charge in [-0.3, -0.25) is 14.5 Å². The number of hydrogen-bond donors (Lipinski definition) is 3. The van der Waals surface area contributed by atoms with E-state index in [1.807, 2.05) is 84.9 Å². The van der Waals surface area contributed by atoms with Crippen molar-refractivity contribution in [3.63, 3.8) is 0 Å². The van der Waals surface area contributed by atoms with Crippen molar-refractivity contribution in [1.29, 1.82) is 0 Å². The molecule has 0 saturated carbocycles. The largest absolute Gasteiger partial charge is 0.453 e. The maximum atomic E-state index is 13.9. The number of H-pyrrole nitrogens is 1.